The first-order valence-corrected chi connectivity index (χ1v) is 12.0. The van der Waals surface area contributed by atoms with Crippen LogP contribution in [0.5, 0.6) is 5.75 Å². The highest BCUT2D eigenvalue weighted by atomic mass is 19.4. The van der Waals surface area contributed by atoms with Gasteiger partial charge in [0.1, 0.15) is 5.75 Å². The molecule has 9 nitrogen and oxygen atoms in total. The zero-order chi connectivity index (χ0) is 26.9. The van der Waals surface area contributed by atoms with Gasteiger partial charge in [0.2, 0.25) is 5.82 Å². The number of aryl methyl sites for hydroxylation is 1. The highest BCUT2D eigenvalue weighted by molar-refractivity contribution is 5.94. The van der Waals surface area contributed by atoms with Gasteiger partial charge in [0.15, 0.2) is 5.69 Å². The molecule has 3 heterocycles. The summed E-state index contributed by atoms with van der Waals surface area (Å²) < 4.78 is 48.7. The minimum atomic E-state index is -4.80. The van der Waals surface area contributed by atoms with E-state index in [0.717, 1.165) is 24.3 Å². The van der Waals surface area contributed by atoms with Crippen LogP contribution in [0.1, 0.15) is 21.6 Å². The number of likely N-dealkylation sites (N-methyl/N-ethyl adjacent to an activating group) is 1. The summed E-state index contributed by atoms with van der Waals surface area (Å²) in [5, 5.41) is 8.45. The van der Waals surface area contributed by atoms with Gasteiger partial charge in [-0.05, 0) is 49.9 Å². The number of ether oxygens (including phenoxy) is 1. The van der Waals surface area contributed by atoms with E-state index in [9.17, 15) is 18.0 Å². The van der Waals surface area contributed by atoms with E-state index in [2.05, 4.69) is 24.9 Å². The van der Waals surface area contributed by atoms with Crippen molar-refractivity contribution >= 4 is 5.91 Å². The molecule has 2 aromatic heterocycles. The van der Waals surface area contributed by atoms with E-state index in [4.69, 9.17) is 4.52 Å². The van der Waals surface area contributed by atoms with Crippen molar-refractivity contribution in [2.75, 3.05) is 33.2 Å². The van der Waals surface area contributed by atoms with Crippen LogP contribution >= 0.6 is 0 Å². The lowest BCUT2D eigenvalue weighted by Gasteiger charge is -2.32. The lowest BCUT2D eigenvalue weighted by molar-refractivity contribution is -0.274. The van der Waals surface area contributed by atoms with Crippen molar-refractivity contribution < 1.29 is 27.2 Å². The quantitative estimate of drug-likeness (QED) is 0.371. The second-order valence-electron chi connectivity index (χ2n) is 9.12. The molecule has 0 atom stereocenters. The van der Waals surface area contributed by atoms with Crippen LogP contribution in [0.4, 0.5) is 13.2 Å². The Kier molecular flexibility index (Phi) is 6.89. The van der Waals surface area contributed by atoms with Crippen molar-refractivity contribution in [3.63, 3.8) is 0 Å². The second-order valence-corrected chi connectivity index (χ2v) is 9.12. The first-order chi connectivity index (χ1) is 18.1. The molecule has 38 heavy (non-hydrogen) atoms. The largest absolute Gasteiger partial charge is 0.573 e. The van der Waals surface area contributed by atoms with Gasteiger partial charge in [0, 0.05) is 43.0 Å². The number of hydrogen-bond acceptors (Lipinski definition) is 7. The van der Waals surface area contributed by atoms with E-state index < -0.39 is 6.36 Å². The Balaban J connectivity index is 1.31. The molecule has 12 heteroatoms. The molecule has 1 aliphatic rings. The predicted molar refractivity (Wildman–Crippen MR) is 131 cm³/mol. The number of halogens is 3. The Morgan fingerprint density at radius 1 is 1.05 bits per heavy atom. The Bertz CT molecular complexity index is 1440. The van der Waals surface area contributed by atoms with Crippen LogP contribution in [-0.4, -0.2) is 75.2 Å². The van der Waals surface area contributed by atoms with Crippen molar-refractivity contribution in [3.05, 3.63) is 71.4 Å². The number of alkyl halides is 3. The molecule has 0 unspecified atom stereocenters. The van der Waals surface area contributed by atoms with Crippen LogP contribution in [-0.2, 0) is 6.54 Å². The standard InChI is InChI=1S/C26H25F3N6O3/c1-17-13-22(24-30-23(32-38-24)19-6-4-8-21(15-19)37-26(27,28)29)31-35(17)16-18-5-3-7-20(14-18)25(36)34-11-9-33(2)10-12-34/h3-8,13-15H,9-12,16H2,1-2H3. The van der Waals surface area contributed by atoms with Crippen molar-refractivity contribution in [2.45, 2.75) is 19.8 Å². The minimum absolute atomic E-state index is 0.0147. The van der Waals surface area contributed by atoms with E-state index in [1.165, 1.54) is 18.2 Å². The summed E-state index contributed by atoms with van der Waals surface area (Å²) in [5.74, 6) is -0.131. The van der Waals surface area contributed by atoms with Gasteiger partial charge < -0.3 is 19.1 Å². The Morgan fingerprint density at radius 3 is 2.58 bits per heavy atom. The third kappa shape index (κ3) is 5.86. The third-order valence-corrected chi connectivity index (χ3v) is 6.25. The van der Waals surface area contributed by atoms with Crippen LogP contribution < -0.4 is 4.74 Å². The minimum Gasteiger partial charge on any atom is -0.406 e. The molecule has 0 N–H and O–H groups in total. The molecular formula is C26H25F3N6O3. The summed E-state index contributed by atoms with van der Waals surface area (Å²) in [6, 6.07) is 14.6. The second kappa shape index (κ2) is 10.3. The molecule has 198 valence electrons. The van der Waals surface area contributed by atoms with E-state index >= 15 is 0 Å². The van der Waals surface area contributed by atoms with Gasteiger partial charge in [-0.25, -0.2) is 0 Å². The lowest BCUT2D eigenvalue weighted by Crippen LogP contribution is -2.47. The summed E-state index contributed by atoms with van der Waals surface area (Å²) in [6.45, 7) is 5.41. The monoisotopic (exact) mass is 526 g/mol. The normalized spacial score (nSPS) is 14.6. The Morgan fingerprint density at radius 2 is 1.82 bits per heavy atom. The summed E-state index contributed by atoms with van der Waals surface area (Å²) >= 11 is 0. The molecule has 0 radical (unpaired) electrons. The number of rotatable bonds is 6. The number of hydrogen-bond donors (Lipinski definition) is 0. The fraction of sp³-hybridized carbons (Fsp3) is 0.308. The molecular weight excluding hydrogens is 501 g/mol. The van der Waals surface area contributed by atoms with E-state index in [1.54, 1.807) is 16.8 Å². The van der Waals surface area contributed by atoms with Crippen molar-refractivity contribution in [3.8, 4) is 28.7 Å². The number of piperazine rings is 1. The Hall–Kier alpha value is -4.19. The van der Waals surface area contributed by atoms with Crippen LogP contribution in [0.15, 0.2) is 59.1 Å². The number of nitrogens with zero attached hydrogens (tertiary/aromatic N) is 6. The molecule has 0 aliphatic carbocycles. The fourth-order valence-electron chi connectivity index (χ4n) is 4.22. The first kappa shape index (κ1) is 25.5. The van der Waals surface area contributed by atoms with Crippen LogP contribution in [0, 0.1) is 6.92 Å². The molecule has 1 saturated heterocycles. The first-order valence-electron chi connectivity index (χ1n) is 12.0. The zero-order valence-corrected chi connectivity index (χ0v) is 20.8. The van der Waals surface area contributed by atoms with Crippen LogP contribution in [0.3, 0.4) is 0 Å². The van der Waals surface area contributed by atoms with Gasteiger partial charge in [0.05, 0.1) is 6.54 Å². The molecule has 1 fully saturated rings. The topological polar surface area (TPSA) is 89.5 Å². The van der Waals surface area contributed by atoms with Crippen molar-refractivity contribution in [1.82, 2.24) is 29.7 Å². The molecule has 0 bridgehead atoms. The van der Waals surface area contributed by atoms with E-state index in [0.29, 0.717) is 36.5 Å². The maximum Gasteiger partial charge on any atom is 0.573 e. The van der Waals surface area contributed by atoms with Gasteiger partial charge in [-0.2, -0.15) is 10.1 Å². The molecule has 4 aromatic rings. The van der Waals surface area contributed by atoms with Gasteiger partial charge in [-0.15, -0.1) is 13.2 Å². The molecule has 5 rings (SSSR count). The fourth-order valence-corrected chi connectivity index (χ4v) is 4.22. The van der Waals surface area contributed by atoms with Crippen molar-refractivity contribution in [1.29, 1.82) is 0 Å². The summed E-state index contributed by atoms with van der Waals surface area (Å²) in [6.07, 6.45) is -4.80. The van der Waals surface area contributed by atoms with Gasteiger partial charge in [-0.3, -0.25) is 9.48 Å². The number of benzene rings is 2. The number of amides is 1. The van der Waals surface area contributed by atoms with Crippen LogP contribution in [0.25, 0.3) is 23.0 Å². The highest BCUT2D eigenvalue weighted by Gasteiger charge is 2.31. The Labute approximate surface area is 216 Å². The van der Waals surface area contributed by atoms with E-state index in [-0.39, 0.29) is 23.4 Å². The maximum atomic E-state index is 13.0. The van der Waals surface area contributed by atoms with Gasteiger partial charge >= 0.3 is 6.36 Å². The highest BCUT2D eigenvalue weighted by Crippen LogP contribution is 2.28. The van der Waals surface area contributed by atoms with Gasteiger partial charge in [0.25, 0.3) is 11.8 Å². The molecule has 0 saturated carbocycles. The number of aromatic nitrogens is 4. The smallest absolute Gasteiger partial charge is 0.406 e. The van der Waals surface area contributed by atoms with Gasteiger partial charge in [-0.1, -0.05) is 29.4 Å². The number of carbonyl (C=O) groups excluding carboxylic acids is 1. The van der Waals surface area contributed by atoms with Crippen LogP contribution in [0.2, 0.25) is 0 Å². The summed E-state index contributed by atoms with van der Waals surface area (Å²) in [4.78, 5) is 21.3. The number of carbonyl (C=O) groups is 1. The molecule has 2 aromatic carbocycles. The van der Waals surface area contributed by atoms with E-state index in [1.807, 2.05) is 43.1 Å². The SMILES string of the molecule is Cc1cc(-c2nc(-c3cccc(OC(F)(F)F)c3)no2)nn1Cc1cccc(C(=O)N2CCN(C)CC2)c1. The zero-order valence-electron chi connectivity index (χ0n) is 20.8. The maximum absolute atomic E-state index is 13.0. The summed E-state index contributed by atoms with van der Waals surface area (Å²) in [7, 11) is 2.04. The molecule has 1 amide bonds. The lowest BCUT2D eigenvalue weighted by atomic mass is 10.1. The predicted octanol–water partition coefficient (Wildman–Crippen LogP) is 4.24. The summed E-state index contributed by atoms with van der Waals surface area (Å²) in [5.41, 5.74) is 3.11. The molecule has 0 spiro atoms. The molecule has 1 aliphatic heterocycles. The average molecular weight is 527 g/mol. The third-order valence-electron chi connectivity index (χ3n) is 6.25. The van der Waals surface area contributed by atoms with Crippen molar-refractivity contribution in [2.24, 2.45) is 0 Å². The average Bonchev–Trinajstić information content (AvgIpc) is 3.51.